The molecule has 0 saturated carbocycles. The summed E-state index contributed by atoms with van der Waals surface area (Å²) in [5, 5.41) is 17.6. The van der Waals surface area contributed by atoms with Crippen LogP contribution in [0.5, 0.6) is 5.75 Å². The zero-order chi connectivity index (χ0) is 16.7. The second kappa shape index (κ2) is 8.67. The van der Waals surface area contributed by atoms with E-state index in [1.54, 1.807) is 0 Å². The second-order valence-electron chi connectivity index (χ2n) is 6.28. The Bertz CT molecular complexity index is 608. The van der Waals surface area contributed by atoms with Gasteiger partial charge < -0.3 is 9.84 Å². The Morgan fingerprint density at radius 1 is 1.22 bits per heavy atom. The van der Waals surface area contributed by atoms with Crippen molar-refractivity contribution < 1.29 is 9.84 Å². The monoisotopic (exact) mass is 317 g/mol. The van der Waals surface area contributed by atoms with Gasteiger partial charge in [-0.1, -0.05) is 37.3 Å². The molecule has 0 radical (unpaired) electrons. The van der Waals surface area contributed by atoms with Crippen molar-refractivity contribution >= 4 is 0 Å². The van der Waals surface area contributed by atoms with Gasteiger partial charge in [-0.2, -0.15) is 0 Å². The third-order valence-electron chi connectivity index (χ3n) is 3.78. The number of nitrogens with zero attached hydrogens (tertiary/aromatic N) is 3. The van der Waals surface area contributed by atoms with E-state index in [4.69, 9.17) is 4.74 Å². The Morgan fingerprint density at radius 2 is 2.00 bits per heavy atom. The first-order valence-electron chi connectivity index (χ1n) is 8.32. The lowest BCUT2D eigenvalue weighted by Gasteiger charge is -2.11. The van der Waals surface area contributed by atoms with Crippen LogP contribution < -0.4 is 4.74 Å². The molecule has 5 nitrogen and oxygen atoms in total. The maximum Gasteiger partial charge on any atom is 0.122 e. The zero-order valence-corrected chi connectivity index (χ0v) is 14.3. The largest absolute Gasteiger partial charge is 0.493 e. The summed E-state index contributed by atoms with van der Waals surface area (Å²) in [5.74, 6) is 1.47. The van der Waals surface area contributed by atoms with Gasteiger partial charge in [0, 0.05) is 6.54 Å². The van der Waals surface area contributed by atoms with Gasteiger partial charge in [-0.05, 0) is 43.7 Å². The summed E-state index contributed by atoms with van der Waals surface area (Å²) in [7, 11) is 0. The van der Waals surface area contributed by atoms with Crippen molar-refractivity contribution in [2.45, 2.75) is 53.2 Å². The topological polar surface area (TPSA) is 60.2 Å². The van der Waals surface area contributed by atoms with Crippen molar-refractivity contribution in [3.8, 4) is 5.75 Å². The molecular weight excluding hydrogens is 290 g/mol. The van der Waals surface area contributed by atoms with Gasteiger partial charge in [0.05, 0.1) is 18.9 Å². The first-order valence-corrected chi connectivity index (χ1v) is 8.32. The summed E-state index contributed by atoms with van der Waals surface area (Å²) < 4.78 is 7.74. The molecule has 0 spiro atoms. The highest BCUT2D eigenvalue weighted by molar-refractivity contribution is 5.31. The third-order valence-corrected chi connectivity index (χ3v) is 3.78. The molecule has 126 valence electrons. The normalized spacial score (nSPS) is 11.2. The number of para-hydroxylation sites is 1. The molecule has 5 heteroatoms. The van der Waals surface area contributed by atoms with Crippen LogP contribution in [0.25, 0.3) is 0 Å². The molecule has 2 aromatic rings. The average Bonchev–Trinajstić information content (AvgIpc) is 2.90. The lowest BCUT2D eigenvalue weighted by atomic mass is 10.1. The van der Waals surface area contributed by atoms with Crippen molar-refractivity contribution in [3.63, 3.8) is 0 Å². The lowest BCUT2D eigenvalue weighted by molar-refractivity contribution is 0.274. The van der Waals surface area contributed by atoms with Gasteiger partial charge in [0.25, 0.3) is 0 Å². The first-order chi connectivity index (χ1) is 11.1. The van der Waals surface area contributed by atoms with E-state index in [1.165, 1.54) is 0 Å². The fourth-order valence-electron chi connectivity index (χ4n) is 2.55. The molecule has 0 unspecified atom stereocenters. The zero-order valence-electron chi connectivity index (χ0n) is 14.3. The second-order valence-corrected chi connectivity index (χ2v) is 6.28. The molecule has 2 rings (SSSR count). The fraction of sp³-hybridized carbons (Fsp3) is 0.556. The van der Waals surface area contributed by atoms with Crippen LogP contribution in [0.1, 0.15) is 43.6 Å². The van der Waals surface area contributed by atoms with Gasteiger partial charge in [-0.3, -0.25) is 0 Å². The maximum absolute atomic E-state index is 9.37. The molecule has 0 aliphatic rings. The van der Waals surface area contributed by atoms with Crippen molar-refractivity contribution in [1.29, 1.82) is 0 Å². The van der Waals surface area contributed by atoms with E-state index in [2.05, 4.69) is 37.1 Å². The lowest BCUT2D eigenvalue weighted by Crippen LogP contribution is -2.10. The molecule has 1 aromatic carbocycles. The Hall–Kier alpha value is -1.88. The quantitative estimate of drug-likeness (QED) is 0.722. The summed E-state index contributed by atoms with van der Waals surface area (Å²) in [6, 6.07) is 8.06. The Labute approximate surface area is 138 Å². The molecule has 0 amide bonds. The van der Waals surface area contributed by atoms with Crippen molar-refractivity contribution in [3.05, 3.63) is 41.2 Å². The fourth-order valence-corrected chi connectivity index (χ4v) is 2.55. The molecule has 23 heavy (non-hydrogen) atoms. The number of aliphatic hydroxyl groups is 1. The number of aliphatic hydroxyl groups excluding tert-OH is 1. The number of hydrogen-bond donors (Lipinski definition) is 1. The van der Waals surface area contributed by atoms with Gasteiger partial charge >= 0.3 is 0 Å². The van der Waals surface area contributed by atoms with Gasteiger partial charge in [-0.15, -0.1) is 5.10 Å². The number of benzene rings is 1. The average molecular weight is 317 g/mol. The standard InChI is InChI=1S/C18H27N3O2/c1-14(2)12-17-16(13-22)19-20-21(17)10-6-7-11-23-18-9-5-4-8-15(18)3/h4-5,8-9,14,22H,6-7,10-13H2,1-3H3. The van der Waals surface area contributed by atoms with Crippen LogP contribution in [0.4, 0.5) is 0 Å². The summed E-state index contributed by atoms with van der Waals surface area (Å²) in [6.07, 6.45) is 2.83. The summed E-state index contributed by atoms with van der Waals surface area (Å²) in [6.45, 7) is 7.85. The van der Waals surface area contributed by atoms with Crippen LogP contribution in [0.3, 0.4) is 0 Å². The minimum absolute atomic E-state index is 0.0432. The molecule has 0 fully saturated rings. The van der Waals surface area contributed by atoms with E-state index in [1.807, 2.05) is 22.9 Å². The summed E-state index contributed by atoms with van der Waals surface area (Å²) in [4.78, 5) is 0. The van der Waals surface area contributed by atoms with Crippen LogP contribution in [-0.2, 0) is 19.6 Å². The maximum atomic E-state index is 9.37. The first kappa shape index (κ1) is 17.5. The number of aryl methyl sites for hydroxylation is 2. The van der Waals surface area contributed by atoms with Crippen LogP contribution in [0, 0.1) is 12.8 Å². The number of unbranched alkanes of at least 4 members (excludes halogenated alkanes) is 1. The molecular formula is C18H27N3O2. The third kappa shape index (κ3) is 5.06. The predicted molar refractivity (Wildman–Crippen MR) is 90.4 cm³/mol. The van der Waals surface area contributed by atoms with Crippen molar-refractivity contribution in [2.75, 3.05) is 6.61 Å². The van der Waals surface area contributed by atoms with E-state index >= 15 is 0 Å². The highest BCUT2D eigenvalue weighted by Crippen LogP contribution is 2.17. The number of aromatic nitrogens is 3. The van der Waals surface area contributed by atoms with Gasteiger partial charge in [0.15, 0.2) is 0 Å². The molecule has 0 saturated heterocycles. The SMILES string of the molecule is Cc1ccccc1OCCCCn1nnc(CO)c1CC(C)C. The predicted octanol–water partition coefficient (Wildman–Crippen LogP) is 3.14. The van der Waals surface area contributed by atoms with Crippen molar-refractivity contribution in [1.82, 2.24) is 15.0 Å². The Balaban J connectivity index is 1.80. The number of ether oxygens (including phenoxy) is 1. The molecule has 0 bridgehead atoms. The van der Waals surface area contributed by atoms with Crippen LogP contribution >= 0.6 is 0 Å². The highest BCUT2D eigenvalue weighted by atomic mass is 16.5. The van der Waals surface area contributed by atoms with Gasteiger partial charge in [-0.25, -0.2) is 4.68 Å². The molecule has 0 atom stereocenters. The number of hydrogen-bond acceptors (Lipinski definition) is 4. The van der Waals surface area contributed by atoms with Crippen LogP contribution in [0.2, 0.25) is 0 Å². The minimum Gasteiger partial charge on any atom is -0.493 e. The van der Waals surface area contributed by atoms with Crippen molar-refractivity contribution in [2.24, 2.45) is 5.92 Å². The van der Waals surface area contributed by atoms with Gasteiger partial charge in [0.2, 0.25) is 0 Å². The highest BCUT2D eigenvalue weighted by Gasteiger charge is 2.13. The molecule has 1 heterocycles. The Morgan fingerprint density at radius 3 is 2.70 bits per heavy atom. The van der Waals surface area contributed by atoms with Crippen LogP contribution in [-0.4, -0.2) is 26.7 Å². The molecule has 1 N–H and O–H groups in total. The van der Waals surface area contributed by atoms with Crippen LogP contribution in [0.15, 0.2) is 24.3 Å². The molecule has 1 aromatic heterocycles. The summed E-state index contributed by atoms with van der Waals surface area (Å²) >= 11 is 0. The van der Waals surface area contributed by atoms with E-state index in [-0.39, 0.29) is 6.61 Å². The molecule has 0 aliphatic heterocycles. The van der Waals surface area contributed by atoms with E-state index in [0.29, 0.717) is 18.2 Å². The Kier molecular flexibility index (Phi) is 6.59. The van der Waals surface area contributed by atoms with E-state index < -0.39 is 0 Å². The van der Waals surface area contributed by atoms with E-state index in [9.17, 15) is 5.11 Å². The minimum atomic E-state index is -0.0432. The van der Waals surface area contributed by atoms with Gasteiger partial charge in [0.1, 0.15) is 11.4 Å². The molecule has 0 aliphatic carbocycles. The summed E-state index contributed by atoms with van der Waals surface area (Å²) in [5.41, 5.74) is 2.92. The number of rotatable bonds is 9. The van der Waals surface area contributed by atoms with E-state index in [0.717, 1.165) is 42.8 Å². The smallest absolute Gasteiger partial charge is 0.122 e.